The molecular formula is C42H35N3S. The quantitative estimate of drug-likeness (QED) is 0.185. The van der Waals surface area contributed by atoms with Crippen LogP contribution in [0.15, 0.2) is 140 Å². The van der Waals surface area contributed by atoms with Crippen LogP contribution in [0, 0.1) is 0 Å². The zero-order chi connectivity index (χ0) is 30.8. The molecule has 0 spiro atoms. The van der Waals surface area contributed by atoms with E-state index >= 15 is 0 Å². The fraction of sp³-hybridized carbons (Fsp3) is 0.143. The van der Waals surface area contributed by atoms with Crippen molar-refractivity contribution < 1.29 is 0 Å². The van der Waals surface area contributed by atoms with Crippen molar-refractivity contribution in [1.82, 2.24) is 16.0 Å². The molecule has 9 rings (SSSR count). The van der Waals surface area contributed by atoms with Crippen LogP contribution < -0.4 is 16.0 Å². The molecule has 46 heavy (non-hydrogen) atoms. The maximum absolute atomic E-state index is 3.83. The van der Waals surface area contributed by atoms with Crippen LogP contribution in [0.3, 0.4) is 0 Å². The van der Waals surface area contributed by atoms with Gasteiger partial charge in [0.25, 0.3) is 0 Å². The molecule has 1 saturated heterocycles. The Kier molecular flexibility index (Phi) is 6.48. The second-order valence-corrected chi connectivity index (χ2v) is 14.2. The lowest BCUT2D eigenvalue weighted by Gasteiger charge is -2.39. The predicted octanol–water partition coefficient (Wildman–Crippen LogP) is 10.2. The van der Waals surface area contributed by atoms with Gasteiger partial charge in [0.05, 0.1) is 18.5 Å². The van der Waals surface area contributed by atoms with Gasteiger partial charge in [0.2, 0.25) is 0 Å². The minimum Gasteiger partial charge on any atom is -0.279 e. The summed E-state index contributed by atoms with van der Waals surface area (Å²) in [6.45, 7) is 4.68. The van der Waals surface area contributed by atoms with Crippen molar-refractivity contribution in [2.45, 2.75) is 37.8 Å². The van der Waals surface area contributed by atoms with Crippen molar-refractivity contribution >= 4 is 31.5 Å². The minimum absolute atomic E-state index is 0.0135. The third-order valence-electron chi connectivity index (χ3n) is 10.0. The molecule has 2 atom stereocenters. The highest BCUT2D eigenvalue weighted by molar-refractivity contribution is 7.25. The first kappa shape index (κ1) is 27.7. The van der Waals surface area contributed by atoms with E-state index in [4.69, 9.17) is 0 Å². The molecule has 1 aliphatic carbocycles. The molecule has 3 N–H and O–H groups in total. The fourth-order valence-electron chi connectivity index (χ4n) is 7.57. The summed E-state index contributed by atoms with van der Waals surface area (Å²) in [5, 5.41) is 14.1. The molecule has 7 aromatic rings. The summed E-state index contributed by atoms with van der Waals surface area (Å²) < 4.78 is 2.63. The second kappa shape index (κ2) is 10.8. The van der Waals surface area contributed by atoms with E-state index in [1.165, 1.54) is 70.2 Å². The Morgan fingerprint density at radius 3 is 1.67 bits per heavy atom. The van der Waals surface area contributed by atoms with Gasteiger partial charge in [-0.2, -0.15) is 0 Å². The van der Waals surface area contributed by atoms with E-state index in [9.17, 15) is 0 Å². The largest absolute Gasteiger partial charge is 0.279 e. The van der Waals surface area contributed by atoms with Gasteiger partial charge in [-0.1, -0.05) is 135 Å². The van der Waals surface area contributed by atoms with Crippen LogP contribution in [0.1, 0.15) is 60.2 Å². The zero-order valence-corrected chi connectivity index (χ0v) is 26.7. The molecule has 4 heteroatoms. The summed E-state index contributed by atoms with van der Waals surface area (Å²) in [7, 11) is 0. The standard InChI is InChI=1S/C42H35N3S/c1-42(2)35-16-10-9-15-31(35)34-23-28(19-22-36(34)42)29-17-20-32-33-21-18-30(25-38(33)46-37(32)24-29)41-44-39(26-11-5-3-6-12-26)43-40(45-41)27-13-7-4-8-14-27/h3-25,39-41,43-45H,1-2H3. The van der Waals surface area contributed by atoms with Crippen LogP contribution >= 0.6 is 11.3 Å². The van der Waals surface area contributed by atoms with Crippen molar-refractivity contribution in [3.63, 3.8) is 0 Å². The van der Waals surface area contributed by atoms with Crippen LogP contribution in [0.5, 0.6) is 0 Å². The first-order valence-corrected chi connectivity index (χ1v) is 16.9. The number of hydrogen-bond donors (Lipinski definition) is 3. The number of hydrogen-bond acceptors (Lipinski definition) is 4. The molecule has 2 aliphatic rings. The van der Waals surface area contributed by atoms with Gasteiger partial charge >= 0.3 is 0 Å². The Hall–Kier alpha value is -4.58. The Labute approximate surface area is 273 Å². The van der Waals surface area contributed by atoms with E-state index in [0.29, 0.717) is 0 Å². The van der Waals surface area contributed by atoms with E-state index in [1.54, 1.807) is 0 Å². The number of thiophene rings is 1. The first-order valence-electron chi connectivity index (χ1n) is 16.1. The molecular weight excluding hydrogens is 579 g/mol. The molecule has 1 aromatic heterocycles. The van der Waals surface area contributed by atoms with Crippen LogP contribution in [0.2, 0.25) is 0 Å². The van der Waals surface area contributed by atoms with Crippen molar-refractivity contribution in [1.29, 1.82) is 0 Å². The SMILES string of the molecule is CC1(C)c2ccccc2-c2cc(-c3ccc4c(c3)sc3cc(C5NC(c6ccccc6)NC(c6ccccc6)N5)ccc34)ccc21. The summed E-state index contributed by atoms with van der Waals surface area (Å²) in [4.78, 5) is 0. The molecule has 224 valence electrons. The second-order valence-electron chi connectivity index (χ2n) is 13.1. The molecule has 2 heterocycles. The molecule has 0 bridgehead atoms. The van der Waals surface area contributed by atoms with Gasteiger partial charge in [-0.3, -0.25) is 16.0 Å². The molecule has 3 nitrogen and oxygen atoms in total. The normalized spacial score (nSPS) is 20.1. The average molecular weight is 614 g/mol. The molecule has 0 amide bonds. The lowest BCUT2D eigenvalue weighted by atomic mass is 9.82. The molecule has 0 radical (unpaired) electrons. The Balaban J connectivity index is 1.07. The topological polar surface area (TPSA) is 36.1 Å². The summed E-state index contributed by atoms with van der Waals surface area (Å²) >= 11 is 1.89. The van der Waals surface area contributed by atoms with Crippen molar-refractivity contribution in [2.24, 2.45) is 0 Å². The fourth-order valence-corrected chi connectivity index (χ4v) is 8.76. The molecule has 2 unspecified atom stereocenters. The van der Waals surface area contributed by atoms with Gasteiger partial charge in [-0.15, -0.1) is 11.3 Å². The van der Waals surface area contributed by atoms with E-state index in [0.717, 1.165) is 0 Å². The van der Waals surface area contributed by atoms with Crippen LogP contribution in [-0.2, 0) is 5.41 Å². The van der Waals surface area contributed by atoms with Crippen molar-refractivity contribution in [3.05, 3.63) is 167 Å². The number of rotatable bonds is 4. The third-order valence-corrected chi connectivity index (χ3v) is 11.1. The van der Waals surface area contributed by atoms with E-state index < -0.39 is 0 Å². The minimum atomic E-state index is -0.0135. The lowest BCUT2D eigenvalue weighted by Crippen LogP contribution is -2.54. The van der Waals surface area contributed by atoms with Crippen LogP contribution in [0.25, 0.3) is 42.4 Å². The lowest BCUT2D eigenvalue weighted by molar-refractivity contribution is 0.203. The van der Waals surface area contributed by atoms with E-state index in [1.807, 2.05) is 11.3 Å². The zero-order valence-electron chi connectivity index (χ0n) is 25.9. The molecule has 1 fully saturated rings. The Morgan fingerprint density at radius 1 is 0.457 bits per heavy atom. The monoisotopic (exact) mass is 613 g/mol. The van der Waals surface area contributed by atoms with E-state index in [2.05, 4.69) is 169 Å². The average Bonchev–Trinajstić information content (AvgIpc) is 3.59. The van der Waals surface area contributed by atoms with Gasteiger partial charge in [0.1, 0.15) is 0 Å². The van der Waals surface area contributed by atoms with Crippen molar-refractivity contribution in [2.75, 3.05) is 0 Å². The highest BCUT2D eigenvalue weighted by Crippen LogP contribution is 2.49. The van der Waals surface area contributed by atoms with Crippen molar-refractivity contribution in [3.8, 4) is 22.3 Å². The van der Waals surface area contributed by atoms with Gasteiger partial charge in [0.15, 0.2) is 0 Å². The maximum atomic E-state index is 3.83. The first-order chi connectivity index (χ1) is 22.5. The van der Waals surface area contributed by atoms with Gasteiger partial charge in [-0.25, -0.2) is 0 Å². The highest BCUT2D eigenvalue weighted by Gasteiger charge is 2.35. The Morgan fingerprint density at radius 2 is 0.978 bits per heavy atom. The summed E-state index contributed by atoms with van der Waals surface area (Å²) in [6.07, 6.45) is 0.0201. The summed E-state index contributed by atoms with van der Waals surface area (Å²) in [6, 6.07) is 51.2. The molecule has 0 saturated carbocycles. The van der Waals surface area contributed by atoms with Gasteiger partial charge in [0, 0.05) is 25.6 Å². The molecule has 6 aromatic carbocycles. The highest BCUT2D eigenvalue weighted by atomic mass is 32.1. The van der Waals surface area contributed by atoms with E-state index in [-0.39, 0.29) is 23.9 Å². The van der Waals surface area contributed by atoms with Crippen LogP contribution in [0.4, 0.5) is 0 Å². The summed E-state index contributed by atoms with van der Waals surface area (Å²) in [5.74, 6) is 0. The number of nitrogens with one attached hydrogen (secondary N) is 3. The maximum Gasteiger partial charge on any atom is 0.0865 e. The number of fused-ring (bicyclic) bond motifs is 6. The third kappa shape index (κ3) is 4.52. The number of benzene rings is 6. The smallest absolute Gasteiger partial charge is 0.0865 e. The Bertz CT molecular complexity index is 2190. The van der Waals surface area contributed by atoms with Gasteiger partial charge < -0.3 is 0 Å². The molecule has 1 aliphatic heterocycles. The van der Waals surface area contributed by atoms with Gasteiger partial charge in [-0.05, 0) is 68.3 Å². The summed E-state index contributed by atoms with van der Waals surface area (Å²) in [5.41, 5.74) is 11.8. The van der Waals surface area contributed by atoms with Crippen LogP contribution in [-0.4, -0.2) is 0 Å². The predicted molar refractivity (Wildman–Crippen MR) is 193 cm³/mol.